The Labute approximate surface area is 200 Å². The minimum absolute atomic E-state index is 0.277. The van der Waals surface area contributed by atoms with Gasteiger partial charge in [0.1, 0.15) is 5.75 Å². The Hall–Kier alpha value is -2.73. The van der Waals surface area contributed by atoms with E-state index in [2.05, 4.69) is 17.1 Å². The molecule has 2 fully saturated rings. The summed E-state index contributed by atoms with van der Waals surface area (Å²) in [6.45, 7) is 4.14. The topological polar surface area (TPSA) is 67.9 Å². The predicted octanol–water partition coefficient (Wildman–Crippen LogP) is 5.55. The number of hydrogen-bond acceptors (Lipinski definition) is 5. The smallest absolute Gasteiger partial charge is 0.340 e. The first-order valence-electron chi connectivity index (χ1n) is 11.6. The van der Waals surface area contributed by atoms with Gasteiger partial charge in [0.25, 0.3) is 5.91 Å². The summed E-state index contributed by atoms with van der Waals surface area (Å²) in [6.07, 6.45) is 4.51. The third kappa shape index (κ3) is 6.20. The number of esters is 1. The van der Waals surface area contributed by atoms with Gasteiger partial charge in [-0.25, -0.2) is 4.79 Å². The third-order valence-corrected chi connectivity index (χ3v) is 6.57. The van der Waals surface area contributed by atoms with Crippen molar-refractivity contribution in [1.29, 1.82) is 0 Å². The Kier molecular flexibility index (Phi) is 7.43. The fourth-order valence-corrected chi connectivity index (χ4v) is 4.42. The Morgan fingerprint density at radius 2 is 1.91 bits per heavy atom. The van der Waals surface area contributed by atoms with Crippen molar-refractivity contribution in [3.8, 4) is 5.75 Å². The molecule has 4 rings (SSSR count). The number of methoxy groups -OCH3 is 1. The van der Waals surface area contributed by atoms with E-state index in [0.717, 1.165) is 38.0 Å². The van der Waals surface area contributed by atoms with Crippen LogP contribution < -0.4 is 15.0 Å². The number of carbonyl (C=O) groups excluding carboxylic acids is 2. The van der Waals surface area contributed by atoms with Crippen molar-refractivity contribution in [3.63, 3.8) is 0 Å². The highest BCUT2D eigenvalue weighted by atomic mass is 35.5. The number of carbonyl (C=O) groups is 2. The molecule has 1 aliphatic carbocycles. The molecule has 1 N–H and O–H groups in total. The van der Waals surface area contributed by atoms with E-state index in [1.54, 1.807) is 30.3 Å². The molecule has 2 aromatic carbocycles. The summed E-state index contributed by atoms with van der Waals surface area (Å²) in [5.41, 5.74) is 1.74. The van der Waals surface area contributed by atoms with Crippen LogP contribution in [0.2, 0.25) is 5.02 Å². The lowest BCUT2D eigenvalue weighted by Crippen LogP contribution is -2.35. The van der Waals surface area contributed by atoms with E-state index in [1.165, 1.54) is 13.5 Å². The molecule has 7 heteroatoms. The Morgan fingerprint density at radius 1 is 1.15 bits per heavy atom. The average Bonchev–Trinajstić information content (AvgIpc) is 3.64. The van der Waals surface area contributed by atoms with E-state index in [-0.39, 0.29) is 5.91 Å². The van der Waals surface area contributed by atoms with Crippen LogP contribution in [0, 0.1) is 11.8 Å². The van der Waals surface area contributed by atoms with Crippen LogP contribution in [0.3, 0.4) is 0 Å². The van der Waals surface area contributed by atoms with Gasteiger partial charge in [-0.15, -0.1) is 0 Å². The fourth-order valence-electron chi connectivity index (χ4n) is 4.30. The lowest BCUT2D eigenvalue weighted by molar-refractivity contribution is -0.123. The second-order valence-corrected chi connectivity index (χ2v) is 9.58. The van der Waals surface area contributed by atoms with Crippen molar-refractivity contribution >= 4 is 34.9 Å². The molecular formula is C26H31ClN2O4. The number of rotatable bonds is 8. The van der Waals surface area contributed by atoms with Gasteiger partial charge in [-0.2, -0.15) is 0 Å². The van der Waals surface area contributed by atoms with Crippen LogP contribution in [0.1, 0.15) is 49.4 Å². The largest absolute Gasteiger partial charge is 0.481 e. The van der Waals surface area contributed by atoms with Crippen LogP contribution >= 0.6 is 11.6 Å². The predicted molar refractivity (Wildman–Crippen MR) is 130 cm³/mol. The minimum Gasteiger partial charge on any atom is -0.481 e. The van der Waals surface area contributed by atoms with E-state index >= 15 is 0 Å². The number of nitrogens with zero attached hydrogens (tertiary/aromatic N) is 1. The van der Waals surface area contributed by atoms with Crippen molar-refractivity contribution < 1.29 is 19.1 Å². The van der Waals surface area contributed by atoms with E-state index in [4.69, 9.17) is 21.1 Å². The molecule has 0 unspecified atom stereocenters. The molecule has 1 saturated carbocycles. The van der Waals surface area contributed by atoms with Gasteiger partial charge in [-0.05, 0) is 73.6 Å². The molecule has 1 aliphatic heterocycles. The summed E-state index contributed by atoms with van der Waals surface area (Å²) in [7, 11) is 1.35. The first-order valence-corrected chi connectivity index (χ1v) is 12.0. The number of halogens is 1. The molecule has 6 nitrogen and oxygen atoms in total. The summed E-state index contributed by atoms with van der Waals surface area (Å²) >= 11 is 5.97. The van der Waals surface area contributed by atoms with Gasteiger partial charge in [0.15, 0.2) is 6.10 Å². The Balaban J connectivity index is 1.53. The highest BCUT2D eigenvalue weighted by Crippen LogP contribution is 2.35. The summed E-state index contributed by atoms with van der Waals surface area (Å²) in [6, 6.07) is 12.5. The number of ether oxygens (including phenoxy) is 2. The first-order chi connectivity index (χ1) is 15.9. The molecule has 176 valence electrons. The molecule has 0 radical (unpaired) electrons. The molecule has 0 aromatic heterocycles. The molecule has 2 atom stereocenters. The molecule has 33 heavy (non-hydrogen) atoms. The van der Waals surface area contributed by atoms with Crippen LogP contribution in [0.5, 0.6) is 5.75 Å². The second-order valence-electron chi connectivity index (χ2n) is 9.14. The van der Waals surface area contributed by atoms with Crippen molar-refractivity contribution in [2.45, 2.75) is 45.1 Å². The number of benzene rings is 2. The zero-order valence-corrected chi connectivity index (χ0v) is 19.9. The average molecular weight is 471 g/mol. The van der Waals surface area contributed by atoms with E-state index < -0.39 is 12.1 Å². The molecule has 0 spiro atoms. The highest BCUT2D eigenvalue weighted by molar-refractivity contribution is 6.30. The minimum atomic E-state index is -0.660. The van der Waals surface area contributed by atoms with Crippen LogP contribution in [0.4, 0.5) is 11.4 Å². The number of piperidine rings is 1. The Morgan fingerprint density at radius 3 is 2.58 bits per heavy atom. The number of nitrogens with one attached hydrogen (secondary N) is 1. The molecule has 0 bridgehead atoms. The molecule has 1 amide bonds. The molecule has 2 aliphatic rings. The van der Waals surface area contributed by atoms with Gasteiger partial charge in [0.05, 0.1) is 18.4 Å². The summed E-state index contributed by atoms with van der Waals surface area (Å²) < 4.78 is 11.0. The van der Waals surface area contributed by atoms with E-state index in [9.17, 15) is 9.59 Å². The van der Waals surface area contributed by atoms with Gasteiger partial charge in [-0.1, -0.05) is 31.4 Å². The fraction of sp³-hybridized carbons (Fsp3) is 0.462. The van der Waals surface area contributed by atoms with Crippen LogP contribution in [-0.2, 0) is 9.53 Å². The summed E-state index contributed by atoms with van der Waals surface area (Å²) in [5.74, 6) is 0.920. The third-order valence-electron chi connectivity index (χ3n) is 6.32. The normalized spacial score (nSPS) is 19.0. The lowest BCUT2D eigenvalue weighted by atomic mass is 9.99. The number of anilines is 2. The van der Waals surface area contributed by atoms with Crippen molar-refractivity contribution in [2.75, 3.05) is 30.4 Å². The summed E-state index contributed by atoms with van der Waals surface area (Å²) in [4.78, 5) is 28.1. The van der Waals surface area contributed by atoms with Gasteiger partial charge < -0.3 is 19.7 Å². The van der Waals surface area contributed by atoms with Crippen LogP contribution in [-0.4, -0.2) is 38.2 Å². The van der Waals surface area contributed by atoms with Crippen molar-refractivity contribution in [1.82, 2.24) is 0 Å². The lowest BCUT2D eigenvalue weighted by Gasteiger charge is -2.33. The first kappa shape index (κ1) is 23.4. The van der Waals surface area contributed by atoms with Gasteiger partial charge in [0.2, 0.25) is 0 Å². The van der Waals surface area contributed by atoms with E-state index in [1.807, 2.05) is 12.1 Å². The Bertz CT molecular complexity index is 990. The maximum absolute atomic E-state index is 13.2. The number of hydrogen-bond donors (Lipinski definition) is 1. The monoisotopic (exact) mass is 470 g/mol. The van der Waals surface area contributed by atoms with Crippen molar-refractivity contribution in [2.24, 2.45) is 11.8 Å². The van der Waals surface area contributed by atoms with E-state index in [0.29, 0.717) is 40.3 Å². The molecule has 1 heterocycles. The number of amides is 1. The highest BCUT2D eigenvalue weighted by Gasteiger charge is 2.31. The zero-order valence-electron chi connectivity index (χ0n) is 19.2. The van der Waals surface area contributed by atoms with Gasteiger partial charge >= 0.3 is 5.97 Å². The van der Waals surface area contributed by atoms with Crippen LogP contribution in [0.15, 0.2) is 42.5 Å². The van der Waals surface area contributed by atoms with Crippen LogP contribution in [0.25, 0.3) is 0 Å². The second kappa shape index (κ2) is 10.5. The maximum atomic E-state index is 13.2. The zero-order chi connectivity index (χ0) is 23.4. The standard InChI is InChI=1S/C26H31ClN2O4/c1-17-4-3-13-29(16-17)20-9-12-23(22(15-20)26(31)32-2)28-25(30)24(14-18-5-6-18)33-21-10-7-19(27)8-11-21/h7-12,15,17-18,24H,3-6,13-14,16H2,1-2H3,(H,28,30)/t17-,24+/m1/s1. The maximum Gasteiger partial charge on any atom is 0.340 e. The van der Waals surface area contributed by atoms with Crippen molar-refractivity contribution in [3.05, 3.63) is 53.1 Å². The molecule has 1 saturated heterocycles. The van der Waals surface area contributed by atoms with Gasteiger partial charge in [-0.3, -0.25) is 4.79 Å². The molecular weight excluding hydrogens is 440 g/mol. The van der Waals surface area contributed by atoms with Gasteiger partial charge in [0, 0.05) is 23.8 Å². The quantitative estimate of drug-likeness (QED) is 0.512. The SMILES string of the molecule is COC(=O)c1cc(N2CCC[C@@H](C)C2)ccc1NC(=O)[C@H](CC1CC1)Oc1ccc(Cl)cc1. The summed E-state index contributed by atoms with van der Waals surface area (Å²) in [5, 5.41) is 3.53. The molecule has 2 aromatic rings.